The molecule has 138 valence electrons. The minimum absolute atomic E-state index is 0.0526. The monoisotopic (exact) mass is 336 g/mol. The maximum Gasteiger partial charge on any atom is 0.221 e. The molecule has 0 radical (unpaired) electrons. The molecule has 0 spiro atoms. The molecule has 24 heavy (non-hydrogen) atoms. The molecule has 1 N–H and O–H groups in total. The molecule has 1 heterocycles. The number of aliphatic imine (C=N–C) groups is 1. The predicted molar refractivity (Wildman–Crippen MR) is 103 cm³/mol. The van der Waals surface area contributed by atoms with E-state index in [1.807, 2.05) is 0 Å². The average molecular weight is 337 g/mol. The van der Waals surface area contributed by atoms with Crippen LogP contribution in [-0.4, -0.2) is 42.0 Å². The van der Waals surface area contributed by atoms with Gasteiger partial charge in [0.25, 0.3) is 0 Å². The van der Waals surface area contributed by atoms with Crippen LogP contribution in [0.3, 0.4) is 0 Å². The van der Waals surface area contributed by atoms with Crippen molar-refractivity contribution in [1.29, 1.82) is 0 Å². The molecule has 1 aliphatic rings. The number of unbranched alkanes of at least 4 members (excludes halogenated alkanes) is 5. The van der Waals surface area contributed by atoms with Crippen molar-refractivity contribution in [3.05, 3.63) is 12.2 Å². The summed E-state index contributed by atoms with van der Waals surface area (Å²) in [5.74, 6) is 1.35. The number of likely N-dealkylation sites (N-methyl/N-ethyl adjacent to an activating group) is 1. The third-order valence-corrected chi connectivity index (χ3v) is 5.20. The molecular weight excluding hydrogens is 298 g/mol. The maximum absolute atomic E-state index is 11.4. The molecule has 2 atom stereocenters. The molecule has 0 aliphatic carbocycles. The van der Waals surface area contributed by atoms with Gasteiger partial charge in [-0.1, -0.05) is 38.3 Å². The molecule has 0 saturated heterocycles. The van der Waals surface area contributed by atoms with Crippen molar-refractivity contribution < 1.29 is 9.28 Å². The minimum atomic E-state index is 0.0526. The Morgan fingerprint density at radius 2 is 1.92 bits per heavy atom. The Labute approximate surface area is 149 Å². The average Bonchev–Trinajstić information content (AvgIpc) is 2.97. The number of amidine groups is 1. The molecule has 0 bridgehead atoms. The van der Waals surface area contributed by atoms with E-state index in [2.05, 4.69) is 38.2 Å². The number of hydrogen-bond donors (Lipinski definition) is 1. The summed E-state index contributed by atoms with van der Waals surface area (Å²) in [5.41, 5.74) is 0. The first-order valence-corrected chi connectivity index (χ1v) is 9.89. The predicted octanol–water partition coefficient (Wildman–Crippen LogP) is 4.41. The van der Waals surface area contributed by atoms with E-state index in [1.54, 1.807) is 6.92 Å². The summed E-state index contributed by atoms with van der Waals surface area (Å²) in [6.45, 7) is 11.0. The van der Waals surface area contributed by atoms with Crippen molar-refractivity contribution in [1.82, 2.24) is 5.32 Å². The smallest absolute Gasteiger partial charge is 0.221 e. The van der Waals surface area contributed by atoms with Crippen LogP contribution in [0.1, 0.15) is 79.1 Å². The van der Waals surface area contributed by atoms with E-state index >= 15 is 0 Å². The van der Waals surface area contributed by atoms with Crippen molar-refractivity contribution in [2.24, 2.45) is 4.99 Å². The van der Waals surface area contributed by atoms with Gasteiger partial charge in [0.1, 0.15) is 6.54 Å². The van der Waals surface area contributed by atoms with Crippen LogP contribution >= 0.6 is 0 Å². The van der Waals surface area contributed by atoms with Crippen molar-refractivity contribution in [3.8, 4) is 0 Å². The summed E-state index contributed by atoms with van der Waals surface area (Å²) in [6, 6.07) is 0. The molecule has 0 fully saturated rings. The van der Waals surface area contributed by atoms with Gasteiger partial charge in [0.15, 0.2) is 12.0 Å². The van der Waals surface area contributed by atoms with Gasteiger partial charge in [-0.05, 0) is 32.6 Å². The lowest BCUT2D eigenvalue weighted by molar-refractivity contribution is -0.861. The van der Waals surface area contributed by atoms with E-state index in [4.69, 9.17) is 4.99 Å². The van der Waals surface area contributed by atoms with Crippen molar-refractivity contribution in [2.45, 2.75) is 85.2 Å². The van der Waals surface area contributed by atoms with E-state index in [-0.39, 0.29) is 12.1 Å². The number of carbonyl (C=O) groups excluding carboxylic acids is 1. The van der Waals surface area contributed by atoms with Crippen LogP contribution in [0.5, 0.6) is 0 Å². The van der Waals surface area contributed by atoms with Crippen molar-refractivity contribution in [2.75, 3.05) is 19.6 Å². The van der Waals surface area contributed by atoms with Gasteiger partial charge in [0.05, 0.1) is 13.1 Å². The highest BCUT2D eigenvalue weighted by molar-refractivity contribution is 5.78. The second kappa shape index (κ2) is 11.4. The number of hydrogen-bond acceptors (Lipinski definition) is 2. The highest BCUT2D eigenvalue weighted by Crippen LogP contribution is 2.23. The summed E-state index contributed by atoms with van der Waals surface area (Å²) < 4.78 is 0.849. The molecule has 4 heteroatoms. The third kappa shape index (κ3) is 6.39. The van der Waals surface area contributed by atoms with Gasteiger partial charge in [-0.3, -0.25) is 9.28 Å². The van der Waals surface area contributed by atoms with E-state index < -0.39 is 0 Å². The fraction of sp³-hybridized carbons (Fsp3) is 0.800. The van der Waals surface area contributed by atoms with Gasteiger partial charge < -0.3 is 5.32 Å². The van der Waals surface area contributed by atoms with E-state index in [9.17, 15) is 4.79 Å². The number of allylic oxidation sites excluding steroid dienone is 2. The second-order valence-corrected chi connectivity index (χ2v) is 6.93. The first-order valence-electron chi connectivity index (χ1n) is 9.89. The molecular formula is C20H38N3O+. The number of rotatable bonds is 12. The van der Waals surface area contributed by atoms with Crippen LogP contribution in [0.4, 0.5) is 0 Å². The number of quaternary nitrogens is 1. The third-order valence-electron chi connectivity index (χ3n) is 5.20. The van der Waals surface area contributed by atoms with E-state index in [1.165, 1.54) is 44.4 Å². The standard InChI is InChI=1S/C20H37N3O/c1-5-7-8-9-10-11-12-13-14-15-20-21-16-17-23(20,6-2)18(3)22-19(4)24/h7-8,18H,5-6,9-17H2,1-4H3/p+1/b8-7+. The molecule has 1 aliphatic heterocycles. The zero-order valence-electron chi connectivity index (χ0n) is 16.3. The van der Waals surface area contributed by atoms with E-state index in [0.717, 1.165) is 37.0 Å². The van der Waals surface area contributed by atoms with Crippen LogP contribution in [0.15, 0.2) is 17.1 Å². The van der Waals surface area contributed by atoms with Gasteiger partial charge in [-0.15, -0.1) is 0 Å². The van der Waals surface area contributed by atoms with Gasteiger partial charge >= 0.3 is 0 Å². The summed E-state index contributed by atoms with van der Waals surface area (Å²) >= 11 is 0. The van der Waals surface area contributed by atoms with Gasteiger partial charge in [0, 0.05) is 20.3 Å². The van der Waals surface area contributed by atoms with Crippen molar-refractivity contribution >= 4 is 11.7 Å². The highest BCUT2D eigenvalue weighted by Gasteiger charge is 2.41. The number of amides is 1. The molecule has 0 aromatic carbocycles. The summed E-state index contributed by atoms with van der Waals surface area (Å²) in [5, 5.41) is 3.09. The van der Waals surface area contributed by atoms with Crippen LogP contribution in [0.2, 0.25) is 0 Å². The Morgan fingerprint density at radius 3 is 2.58 bits per heavy atom. The van der Waals surface area contributed by atoms with Gasteiger partial charge in [0.2, 0.25) is 5.91 Å². The highest BCUT2D eigenvalue weighted by atomic mass is 16.1. The molecule has 0 saturated carbocycles. The van der Waals surface area contributed by atoms with Crippen LogP contribution in [-0.2, 0) is 4.79 Å². The van der Waals surface area contributed by atoms with Gasteiger partial charge in [-0.25, -0.2) is 4.99 Å². The second-order valence-electron chi connectivity index (χ2n) is 6.93. The zero-order valence-corrected chi connectivity index (χ0v) is 16.3. The first-order chi connectivity index (χ1) is 11.6. The summed E-state index contributed by atoms with van der Waals surface area (Å²) in [6.07, 6.45) is 14.6. The summed E-state index contributed by atoms with van der Waals surface area (Å²) in [4.78, 5) is 16.2. The number of nitrogens with zero attached hydrogens (tertiary/aromatic N) is 2. The number of carbonyl (C=O) groups is 1. The fourth-order valence-electron chi connectivity index (χ4n) is 3.74. The molecule has 1 amide bonds. The Hall–Kier alpha value is -1.16. The Balaban J connectivity index is 2.32. The lowest BCUT2D eigenvalue weighted by Crippen LogP contribution is -2.62. The lowest BCUT2D eigenvalue weighted by atomic mass is 10.1. The minimum Gasteiger partial charge on any atom is -0.307 e. The fourth-order valence-corrected chi connectivity index (χ4v) is 3.74. The Kier molecular flexibility index (Phi) is 9.92. The molecule has 4 nitrogen and oxygen atoms in total. The normalized spacial score (nSPS) is 21.9. The SMILES string of the molecule is CC/C=C/CCCCCCCC1=NCC[N+]1(CC)C(C)NC(C)=O. The van der Waals surface area contributed by atoms with Crippen LogP contribution in [0, 0.1) is 0 Å². The topological polar surface area (TPSA) is 41.5 Å². The van der Waals surface area contributed by atoms with Crippen LogP contribution in [0.25, 0.3) is 0 Å². The Morgan fingerprint density at radius 1 is 1.21 bits per heavy atom. The summed E-state index contributed by atoms with van der Waals surface area (Å²) in [7, 11) is 0. The molecule has 0 aromatic rings. The Bertz CT molecular complexity index is 431. The van der Waals surface area contributed by atoms with E-state index in [0.29, 0.717) is 0 Å². The van der Waals surface area contributed by atoms with Gasteiger partial charge in [-0.2, -0.15) is 0 Å². The lowest BCUT2D eigenvalue weighted by Gasteiger charge is -2.39. The first kappa shape index (κ1) is 20.9. The largest absolute Gasteiger partial charge is 0.307 e. The number of nitrogens with one attached hydrogen (secondary N) is 1. The molecule has 1 rings (SSSR count). The van der Waals surface area contributed by atoms with Crippen LogP contribution < -0.4 is 5.32 Å². The van der Waals surface area contributed by atoms with Crippen molar-refractivity contribution in [3.63, 3.8) is 0 Å². The zero-order chi connectivity index (χ0) is 17.8. The quantitative estimate of drug-likeness (QED) is 0.320. The maximum atomic E-state index is 11.4. The molecule has 2 unspecified atom stereocenters. The molecule has 0 aromatic heterocycles.